The molecule has 3 aromatic rings. The second-order valence-corrected chi connectivity index (χ2v) is 11.0. The summed E-state index contributed by atoms with van der Waals surface area (Å²) in [6, 6.07) is 11.6. The number of aliphatic hydroxyl groups is 1. The van der Waals surface area contributed by atoms with Crippen molar-refractivity contribution < 1.29 is 9.84 Å². The largest absolute Gasteiger partial charge is 0.453 e. The molecule has 0 atom stereocenters. The van der Waals surface area contributed by atoms with Crippen molar-refractivity contribution in [3.05, 3.63) is 81.2 Å². The molecule has 4 nitrogen and oxygen atoms in total. The van der Waals surface area contributed by atoms with Gasteiger partial charge >= 0.3 is 0 Å². The Hall–Kier alpha value is 0.190. The number of benzene rings is 2. The van der Waals surface area contributed by atoms with Gasteiger partial charge in [0, 0.05) is 34.4 Å². The number of nitrogens with zero attached hydrogens (tertiary/aromatic N) is 1. The van der Waals surface area contributed by atoms with Crippen molar-refractivity contribution in [2.45, 2.75) is 6.54 Å². The van der Waals surface area contributed by atoms with Crippen LogP contribution in [0.1, 0.15) is 5.56 Å². The molecule has 30 heavy (non-hydrogen) atoms. The van der Waals surface area contributed by atoms with E-state index in [1.165, 1.54) is 0 Å². The van der Waals surface area contributed by atoms with Crippen molar-refractivity contribution in [1.29, 1.82) is 0 Å². The van der Waals surface area contributed by atoms with E-state index in [1.807, 2.05) is 42.6 Å². The molecule has 0 aliphatic heterocycles. The summed E-state index contributed by atoms with van der Waals surface area (Å²) in [6.07, 6.45) is 3.56. The highest BCUT2D eigenvalue weighted by Gasteiger charge is 2.14. The first-order chi connectivity index (χ1) is 14.3. The van der Waals surface area contributed by atoms with Gasteiger partial charge in [-0.3, -0.25) is 4.98 Å². The lowest BCUT2D eigenvalue weighted by molar-refractivity contribution is 0.292. The van der Waals surface area contributed by atoms with E-state index in [2.05, 4.69) is 106 Å². The van der Waals surface area contributed by atoms with Crippen LogP contribution in [0.2, 0.25) is 0 Å². The quantitative estimate of drug-likeness (QED) is 0.247. The maximum Gasteiger partial charge on any atom is 0.155 e. The number of aromatic nitrogens is 1. The molecule has 0 fully saturated rings. The molecule has 10 heteroatoms. The Morgan fingerprint density at radius 3 is 1.73 bits per heavy atom. The van der Waals surface area contributed by atoms with E-state index in [1.54, 1.807) is 6.20 Å². The fourth-order valence-electron chi connectivity index (χ4n) is 2.17. The van der Waals surface area contributed by atoms with Gasteiger partial charge in [-0.05, 0) is 99.6 Å². The standard InChI is InChI=1S/C12H4Br6O.C8H12N2O/c13-5-1-7(15)11(8(16)2-5)19-12-9(17)3-6(14)4-10(12)18;11-5-4-10-7-8-2-1-3-9-6-8/h1-4H;1-3,6,10-11H,4-5,7H2. The second-order valence-electron chi connectivity index (χ2n) is 5.76. The molecule has 2 N–H and O–H groups in total. The van der Waals surface area contributed by atoms with E-state index in [9.17, 15) is 0 Å². The number of hydrogen-bond donors (Lipinski definition) is 2. The van der Waals surface area contributed by atoms with Crippen LogP contribution < -0.4 is 10.1 Å². The van der Waals surface area contributed by atoms with Crippen molar-refractivity contribution in [3.63, 3.8) is 0 Å². The lowest BCUT2D eigenvalue weighted by atomic mass is 10.3. The second kappa shape index (κ2) is 13.7. The van der Waals surface area contributed by atoms with E-state index in [0.717, 1.165) is 38.9 Å². The van der Waals surface area contributed by atoms with Gasteiger partial charge in [-0.2, -0.15) is 0 Å². The Balaban J connectivity index is 0.000000248. The average molecular weight is 796 g/mol. The van der Waals surface area contributed by atoms with Gasteiger partial charge in [0.1, 0.15) is 0 Å². The van der Waals surface area contributed by atoms with Crippen LogP contribution in [0.15, 0.2) is 75.6 Å². The maximum absolute atomic E-state index is 8.47. The van der Waals surface area contributed by atoms with Crippen LogP contribution in [0.5, 0.6) is 11.5 Å². The zero-order chi connectivity index (χ0) is 22.1. The summed E-state index contributed by atoms with van der Waals surface area (Å²) in [4.78, 5) is 3.96. The van der Waals surface area contributed by atoms with Gasteiger partial charge in [0.2, 0.25) is 0 Å². The van der Waals surface area contributed by atoms with Gasteiger partial charge in [-0.25, -0.2) is 0 Å². The minimum absolute atomic E-state index is 0.181. The number of halogens is 6. The van der Waals surface area contributed by atoms with Gasteiger partial charge in [-0.15, -0.1) is 0 Å². The first kappa shape index (κ1) is 26.4. The van der Waals surface area contributed by atoms with Crippen LogP contribution in [0.25, 0.3) is 0 Å². The normalized spacial score (nSPS) is 10.4. The topological polar surface area (TPSA) is 54.4 Å². The first-order valence-electron chi connectivity index (χ1n) is 8.49. The van der Waals surface area contributed by atoms with Crippen molar-refractivity contribution in [3.8, 4) is 11.5 Å². The molecular weight excluding hydrogens is 780 g/mol. The van der Waals surface area contributed by atoms with Crippen molar-refractivity contribution in [1.82, 2.24) is 10.3 Å². The molecule has 3 rings (SSSR count). The maximum atomic E-state index is 8.47. The molecule has 1 aromatic heterocycles. The van der Waals surface area contributed by atoms with Crippen LogP contribution in [0, 0.1) is 0 Å². The Morgan fingerprint density at radius 1 is 0.833 bits per heavy atom. The molecule has 160 valence electrons. The zero-order valence-corrected chi connectivity index (χ0v) is 24.8. The Bertz CT molecular complexity index is 871. The molecule has 0 aliphatic carbocycles. The summed E-state index contributed by atoms with van der Waals surface area (Å²) >= 11 is 20.8. The molecule has 0 radical (unpaired) electrons. The van der Waals surface area contributed by atoms with Crippen LogP contribution in [-0.2, 0) is 6.54 Å². The lowest BCUT2D eigenvalue weighted by Gasteiger charge is -2.13. The van der Waals surface area contributed by atoms with Gasteiger partial charge < -0.3 is 15.2 Å². The third kappa shape index (κ3) is 8.61. The predicted octanol–water partition coefficient (Wildman–Crippen LogP) is 8.22. The van der Waals surface area contributed by atoms with E-state index in [4.69, 9.17) is 9.84 Å². The third-order valence-electron chi connectivity index (χ3n) is 3.47. The molecule has 0 saturated heterocycles. The average Bonchev–Trinajstić information content (AvgIpc) is 2.68. The molecule has 0 amide bonds. The van der Waals surface area contributed by atoms with Crippen LogP contribution >= 0.6 is 95.6 Å². The number of aliphatic hydroxyl groups excluding tert-OH is 1. The van der Waals surface area contributed by atoms with E-state index in [-0.39, 0.29) is 6.61 Å². The third-order valence-corrected chi connectivity index (χ3v) is 6.74. The fraction of sp³-hybridized carbons (Fsp3) is 0.150. The van der Waals surface area contributed by atoms with Gasteiger partial charge in [-0.1, -0.05) is 37.9 Å². The highest BCUT2D eigenvalue weighted by Crippen LogP contribution is 2.44. The minimum atomic E-state index is 0.181. The molecular formula is C20H16Br6N2O2. The molecule has 0 saturated carbocycles. The summed E-state index contributed by atoms with van der Waals surface area (Å²) in [7, 11) is 0. The molecule has 2 aromatic carbocycles. The van der Waals surface area contributed by atoms with Crippen molar-refractivity contribution in [2.24, 2.45) is 0 Å². The number of hydrogen-bond acceptors (Lipinski definition) is 4. The van der Waals surface area contributed by atoms with Gasteiger partial charge in [0.05, 0.1) is 24.5 Å². The minimum Gasteiger partial charge on any atom is -0.453 e. The number of pyridine rings is 1. The summed E-state index contributed by atoms with van der Waals surface area (Å²) in [6.45, 7) is 1.59. The first-order valence-corrected chi connectivity index (χ1v) is 13.2. The molecule has 0 spiro atoms. The van der Waals surface area contributed by atoms with Crippen molar-refractivity contribution >= 4 is 95.6 Å². The summed E-state index contributed by atoms with van der Waals surface area (Å²) in [5.41, 5.74) is 1.14. The highest BCUT2D eigenvalue weighted by atomic mass is 79.9. The van der Waals surface area contributed by atoms with Crippen LogP contribution in [-0.4, -0.2) is 23.2 Å². The van der Waals surface area contributed by atoms with Gasteiger partial charge in [0.25, 0.3) is 0 Å². The summed E-state index contributed by atoms with van der Waals surface area (Å²) in [5.74, 6) is 1.43. The smallest absolute Gasteiger partial charge is 0.155 e. The molecule has 0 aliphatic rings. The zero-order valence-electron chi connectivity index (χ0n) is 15.3. The highest BCUT2D eigenvalue weighted by molar-refractivity contribution is 9.12. The van der Waals surface area contributed by atoms with E-state index < -0.39 is 0 Å². The predicted molar refractivity (Wildman–Crippen MR) is 142 cm³/mol. The molecule has 0 bridgehead atoms. The van der Waals surface area contributed by atoms with E-state index in [0.29, 0.717) is 18.0 Å². The van der Waals surface area contributed by atoms with Crippen LogP contribution in [0.3, 0.4) is 0 Å². The fourth-order valence-corrected chi connectivity index (χ4v) is 7.01. The van der Waals surface area contributed by atoms with Crippen LogP contribution in [0.4, 0.5) is 0 Å². The number of ether oxygens (including phenoxy) is 1. The lowest BCUT2D eigenvalue weighted by Crippen LogP contribution is -2.17. The Morgan fingerprint density at radius 2 is 1.33 bits per heavy atom. The summed E-state index contributed by atoms with van der Waals surface area (Å²) < 4.78 is 11.3. The monoisotopic (exact) mass is 790 g/mol. The number of rotatable bonds is 6. The number of nitrogens with one attached hydrogen (secondary N) is 1. The van der Waals surface area contributed by atoms with E-state index >= 15 is 0 Å². The molecule has 0 unspecified atom stereocenters. The SMILES string of the molecule is Brc1cc(Br)c(Oc2c(Br)cc(Br)cc2Br)c(Br)c1.OCCNCc1cccnc1. The summed E-state index contributed by atoms with van der Waals surface area (Å²) in [5, 5.41) is 11.5. The van der Waals surface area contributed by atoms with Crippen molar-refractivity contribution in [2.75, 3.05) is 13.2 Å². The van der Waals surface area contributed by atoms with Gasteiger partial charge in [0.15, 0.2) is 11.5 Å². The molecule has 1 heterocycles. The Kier molecular flexibility index (Phi) is 12.1. The Labute approximate surface area is 226 Å².